The van der Waals surface area contributed by atoms with Gasteiger partial charge in [-0.15, -0.1) is 0 Å². The molecule has 5 nitrogen and oxygen atoms in total. The average molecular weight is 361 g/mol. The van der Waals surface area contributed by atoms with Crippen molar-refractivity contribution in [2.24, 2.45) is 0 Å². The van der Waals surface area contributed by atoms with Gasteiger partial charge >= 0.3 is 0 Å². The molecule has 5 heteroatoms. The summed E-state index contributed by atoms with van der Waals surface area (Å²) in [6.07, 6.45) is 0. The summed E-state index contributed by atoms with van der Waals surface area (Å²) in [5.74, 6) is 0.208. The maximum atomic E-state index is 12.8. The van der Waals surface area contributed by atoms with Crippen molar-refractivity contribution in [3.8, 4) is 11.3 Å². The second-order valence-corrected chi connectivity index (χ2v) is 7.06. The molecule has 0 radical (unpaired) electrons. The first kappa shape index (κ1) is 17.3. The highest BCUT2D eigenvalue weighted by molar-refractivity contribution is 5.92. The topological polar surface area (TPSA) is 49.6 Å². The van der Waals surface area contributed by atoms with Gasteiger partial charge in [-0.3, -0.25) is 4.79 Å². The number of nitrogens with zero attached hydrogens (tertiary/aromatic N) is 3. The standard InChI is InChI=1S/C22H23N3O2/c1-16-6-8-18(9-7-16)20-15-21(27-23-20)22(26)25-12-10-24(11-13-25)19-5-3-4-17(2)14-19/h3-9,14-15H,10-13H2,1-2H3. The van der Waals surface area contributed by atoms with E-state index in [9.17, 15) is 4.79 Å². The van der Waals surface area contributed by atoms with Crippen LogP contribution in [0.1, 0.15) is 21.7 Å². The number of hydrogen-bond donors (Lipinski definition) is 0. The number of amides is 1. The zero-order chi connectivity index (χ0) is 18.8. The highest BCUT2D eigenvalue weighted by Crippen LogP contribution is 2.22. The van der Waals surface area contributed by atoms with Crippen LogP contribution in [0.5, 0.6) is 0 Å². The number of hydrogen-bond acceptors (Lipinski definition) is 4. The summed E-state index contributed by atoms with van der Waals surface area (Å²) < 4.78 is 5.34. The van der Waals surface area contributed by atoms with E-state index < -0.39 is 0 Å². The summed E-state index contributed by atoms with van der Waals surface area (Å²) in [6, 6.07) is 18.2. The summed E-state index contributed by atoms with van der Waals surface area (Å²) in [5, 5.41) is 4.07. The highest BCUT2D eigenvalue weighted by Gasteiger charge is 2.25. The number of aromatic nitrogens is 1. The Labute approximate surface area is 159 Å². The summed E-state index contributed by atoms with van der Waals surface area (Å²) in [7, 11) is 0. The number of rotatable bonds is 3. The first-order chi connectivity index (χ1) is 13.1. The van der Waals surface area contributed by atoms with E-state index in [-0.39, 0.29) is 5.91 Å². The van der Waals surface area contributed by atoms with Gasteiger partial charge in [-0.1, -0.05) is 47.1 Å². The number of aryl methyl sites for hydroxylation is 2. The zero-order valence-corrected chi connectivity index (χ0v) is 15.7. The molecule has 1 fully saturated rings. The molecule has 0 atom stereocenters. The molecule has 1 saturated heterocycles. The van der Waals surface area contributed by atoms with Crippen LogP contribution in [0.2, 0.25) is 0 Å². The lowest BCUT2D eigenvalue weighted by molar-refractivity contribution is 0.0705. The van der Waals surface area contributed by atoms with Crippen molar-refractivity contribution >= 4 is 11.6 Å². The molecular formula is C22H23N3O2. The van der Waals surface area contributed by atoms with Crippen molar-refractivity contribution in [1.29, 1.82) is 0 Å². The van der Waals surface area contributed by atoms with Crippen LogP contribution in [0.25, 0.3) is 11.3 Å². The number of carbonyl (C=O) groups excluding carboxylic acids is 1. The SMILES string of the molecule is Cc1ccc(-c2cc(C(=O)N3CCN(c4cccc(C)c4)CC3)on2)cc1. The Balaban J connectivity index is 1.42. The van der Waals surface area contributed by atoms with Crippen molar-refractivity contribution in [1.82, 2.24) is 10.1 Å². The smallest absolute Gasteiger partial charge is 0.292 e. The van der Waals surface area contributed by atoms with Gasteiger partial charge < -0.3 is 14.3 Å². The molecule has 0 spiro atoms. The minimum atomic E-state index is -0.0928. The van der Waals surface area contributed by atoms with Crippen molar-refractivity contribution in [2.75, 3.05) is 31.1 Å². The van der Waals surface area contributed by atoms with Gasteiger partial charge in [-0.2, -0.15) is 0 Å². The number of piperazine rings is 1. The third-order valence-corrected chi connectivity index (χ3v) is 5.00. The van der Waals surface area contributed by atoms with Gasteiger partial charge in [0.25, 0.3) is 5.91 Å². The van der Waals surface area contributed by atoms with E-state index in [1.54, 1.807) is 6.07 Å². The third kappa shape index (κ3) is 3.72. The minimum absolute atomic E-state index is 0.0928. The van der Waals surface area contributed by atoms with Crippen LogP contribution in [0.4, 0.5) is 5.69 Å². The van der Waals surface area contributed by atoms with Crippen molar-refractivity contribution in [2.45, 2.75) is 13.8 Å². The Bertz CT molecular complexity index is 938. The minimum Gasteiger partial charge on any atom is -0.368 e. The predicted octanol–water partition coefficient (Wildman–Crippen LogP) is 3.92. The largest absolute Gasteiger partial charge is 0.368 e. The van der Waals surface area contributed by atoms with Gasteiger partial charge in [0.1, 0.15) is 5.69 Å². The van der Waals surface area contributed by atoms with Crippen LogP contribution < -0.4 is 4.90 Å². The molecule has 4 rings (SSSR count). The summed E-state index contributed by atoms with van der Waals surface area (Å²) in [6.45, 7) is 7.11. The van der Waals surface area contributed by atoms with E-state index in [0.29, 0.717) is 24.5 Å². The van der Waals surface area contributed by atoms with Crippen molar-refractivity contribution in [3.05, 3.63) is 71.5 Å². The number of carbonyl (C=O) groups is 1. The lowest BCUT2D eigenvalue weighted by atomic mass is 10.1. The molecule has 3 aromatic rings. The lowest BCUT2D eigenvalue weighted by Crippen LogP contribution is -2.48. The molecule has 0 unspecified atom stereocenters. The predicted molar refractivity (Wildman–Crippen MR) is 106 cm³/mol. The van der Waals surface area contributed by atoms with E-state index in [1.807, 2.05) is 36.1 Å². The van der Waals surface area contributed by atoms with Gasteiger partial charge in [0.2, 0.25) is 5.76 Å². The lowest BCUT2D eigenvalue weighted by Gasteiger charge is -2.35. The van der Waals surface area contributed by atoms with Crippen LogP contribution in [0.3, 0.4) is 0 Å². The first-order valence-electron chi connectivity index (χ1n) is 9.25. The molecule has 1 aliphatic rings. The molecule has 2 heterocycles. The van der Waals surface area contributed by atoms with Gasteiger partial charge in [-0.05, 0) is 31.5 Å². The number of benzene rings is 2. The second kappa shape index (κ2) is 7.27. The van der Waals surface area contributed by atoms with Crippen LogP contribution in [0.15, 0.2) is 59.1 Å². The molecule has 0 bridgehead atoms. The quantitative estimate of drug-likeness (QED) is 0.709. The number of anilines is 1. The van der Waals surface area contributed by atoms with E-state index in [1.165, 1.54) is 16.8 Å². The second-order valence-electron chi connectivity index (χ2n) is 7.06. The maximum Gasteiger partial charge on any atom is 0.292 e. The Morgan fingerprint density at radius 3 is 2.37 bits per heavy atom. The van der Waals surface area contributed by atoms with E-state index in [0.717, 1.165) is 18.7 Å². The molecule has 1 amide bonds. The van der Waals surface area contributed by atoms with Crippen LogP contribution >= 0.6 is 0 Å². The third-order valence-electron chi connectivity index (χ3n) is 5.00. The summed E-state index contributed by atoms with van der Waals surface area (Å²) >= 11 is 0. The van der Waals surface area contributed by atoms with Crippen LogP contribution in [0, 0.1) is 13.8 Å². The molecule has 27 heavy (non-hydrogen) atoms. The Kier molecular flexibility index (Phi) is 4.67. The fourth-order valence-electron chi connectivity index (χ4n) is 3.38. The average Bonchev–Trinajstić information content (AvgIpc) is 3.18. The Hall–Kier alpha value is -3.08. The normalized spacial score (nSPS) is 14.4. The molecule has 1 aliphatic heterocycles. The fourth-order valence-corrected chi connectivity index (χ4v) is 3.38. The van der Waals surface area contributed by atoms with E-state index >= 15 is 0 Å². The first-order valence-corrected chi connectivity index (χ1v) is 9.25. The van der Waals surface area contributed by atoms with Gasteiger partial charge in [0, 0.05) is 43.5 Å². The van der Waals surface area contributed by atoms with Gasteiger partial charge in [0.15, 0.2) is 0 Å². The monoisotopic (exact) mass is 361 g/mol. The van der Waals surface area contributed by atoms with Crippen LogP contribution in [-0.2, 0) is 0 Å². The fraction of sp³-hybridized carbons (Fsp3) is 0.273. The Morgan fingerprint density at radius 2 is 1.67 bits per heavy atom. The molecule has 2 aromatic carbocycles. The molecule has 0 N–H and O–H groups in total. The van der Waals surface area contributed by atoms with E-state index in [2.05, 4.69) is 41.2 Å². The maximum absolute atomic E-state index is 12.8. The van der Waals surface area contributed by atoms with Crippen molar-refractivity contribution < 1.29 is 9.32 Å². The van der Waals surface area contributed by atoms with Gasteiger partial charge in [0.05, 0.1) is 0 Å². The summed E-state index contributed by atoms with van der Waals surface area (Å²) in [4.78, 5) is 16.9. The molecule has 1 aromatic heterocycles. The van der Waals surface area contributed by atoms with E-state index in [4.69, 9.17) is 4.52 Å². The van der Waals surface area contributed by atoms with Gasteiger partial charge in [-0.25, -0.2) is 0 Å². The molecule has 138 valence electrons. The summed E-state index contributed by atoms with van der Waals surface area (Å²) in [5.41, 5.74) is 5.29. The van der Waals surface area contributed by atoms with Crippen LogP contribution in [-0.4, -0.2) is 42.1 Å². The zero-order valence-electron chi connectivity index (χ0n) is 15.7. The molecular weight excluding hydrogens is 338 g/mol. The highest BCUT2D eigenvalue weighted by atomic mass is 16.5. The van der Waals surface area contributed by atoms with Crippen molar-refractivity contribution in [3.63, 3.8) is 0 Å². The Morgan fingerprint density at radius 1 is 0.926 bits per heavy atom. The molecule has 0 aliphatic carbocycles. The molecule has 0 saturated carbocycles.